The molecule has 0 fully saturated rings. The van der Waals surface area contributed by atoms with Crippen LogP contribution in [0.5, 0.6) is 0 Å². The first kappa shape index (κ1) is 19.5. The Labute approximate surface area is 191 Å². The summed E-state index contributed by atoms with van der Waals surface area (Å²) in [5.41, 5.74) is 7.80. The minimum absolute atomic E-state index is 0.376. The summed E-state index contributed by atoms with van der Waals surface area (Å²) in [6.07, 6.45) is 5.03. The number of aromatic nitrogens is 4. The van der Waals surface area contributed by atoms with Crippen LogP contribution in [0.4, 0.5) is 5.95 Å². The maximum absolute atomic E-state index is 6.45. The van der Waals surface area contributed by atoms with Gasteiger partial charge < -0.3 is 0 Å². The fourth-order valence-corrected chi connectivity index (χ4v) is 3.82. The van der Waals surface area contributed by atoms with Crippen LogP contribution in [0.1, 0.15) is 5.56 Å². The molecule has 3 aromatic carbocycles. The first-order valence-electron chi connectivity index (χ1n) is 9.39. The zero-order valence-corrected chi connectivity index (χ0v) is 18.3. The lowest BCUT2D eigenvalue weighted by Crippen LogP contribution is -2.00. The van der Waals surface area contributed by atoms with Crippen LogP contribution in [0.2, 0.25) is 5.02 Å². The van der Waals surface area contributed by atoms with Crippen LogP contribution in [-0.2, 0) is 0 Å². The molecule has 8 heteroatoms. The fraction of sp³-hybridized carbons (Fsp3) is 0. The van der Waals surface area contributed by atoms with Gasteiger partial charge in [0.25, 0.3) is 0 Å². The largest absolute Gasteiger partial charge is 0.253 e. The van der Waals surface area contributed by atoms with Crippen molar-refractivity contribution in [2.45, 2.75) is 0 Å². The van der Waals surface area contributed by atoms with E-state index in [4.69, 9.17) is 16.6 Å². The lowest BCUT2D eigenvalue weighted by atomic mass is 10.1. The van der Waals surface area contributed by atoms with Crippen molar-refractivity contribution in [3.05, 3.63) is 88.1 Å². The van der Waals surface area contributed by atoms with E-state index in [-0.39, 0.29) is 0 Å². The molecule has 5 aromatic rings. The lowest BCUT2D eigenvalue weighted by Gasteiger charge is -2.10. The molecule has 0 aliphatic carbocycles. The van der Waals surface area contributed by atoms with Crippen LogP contribution in [0.3, 0.4) is 0 Å². The molecule has 0 spiro atoms. The second-order valence-electron chi connectivity index (χ2n) is 6.71. The average Bonchev–Trinajstić information content (AvgIpc) is 2.79. The molecule has 2 heterocycles. The van der Waals surface area contributed by atoms with E-state index >= 15 is 0 Å². The highest BCUT2D eigenvalue weighted by Gasteiger charge is 2.12. The smallest absolute Gasteiger partial charge is 0.244 e. The lowest BCUT2D eigenvalue weighted by molar-refractivity contribution is 1.16. The third-order valence-electron chi connectivity index (χ3n) is 4.66. The minimum atomic E-state index is 0.376. The number of hydrazone groups is 1. The van der Waals surface area contributed by atoms with Crippen LogP contribution >= 0.6 is 27.5 Å². The molecule has 0 saturated carbocycles. The van der Waals surface area contributed by atoms with Gasteiger partial charge in [-0.15, -0.1) is 0 Å². The molecule has 1 N–H and O–H groups in total. The van der Waals surface area contributed by atoms with Gasteiger partial charge in [0, 0.05) is 32.8 Å². The molecule has 0 unspecified atom stereocenters. The topological polar surface area (TPSA) is 76.0 Å². The van der Waals surface area contributed by atoms with Crippen molar-refractivity contribution in [3.8, 4) is 11.3 Å². The molecule has 31 heavy (non-hydrogen) atoms. The third kappa shape index (κ3) is 4.10. The van der Waals surface area contributed by atoms with E-state index in [1.165, 1.54) is 0 Å². The van der Waals surface area contributed by atoms with E-state index in [0.717, 1.165) is 43.2 Å². The van der Waals surface area contributed by atoms with Gasteiger partial charge in [0.15, 0.2) is 0 Å². The monoisotopic (exact) mass is 488 g/mol. The van der Waals surface area contributed by atoms with Crippen LogP contribution in [-0.4, -0.2) is 26.2 Å². The van der Waals surface area contributed by atoms with Crippen molar-refractivity contribution in [1.29, 1.82) is 0 Å². The van der Waals surface area contributed by atoms with Crippen LogP contribution in [0, 0.1) is 0 Å². The van der Waals surface area contributed by atoms with Crippen molar-refractivity contribution >= 4 is 61.6 Å². The number of hydrogen-bond acceptors (Lipinski definition) is 6. The van der Waals surface area contributed by atoms with Gasteiger partial charge in [0.2, 0.25) is 5.95 Å². The average molecular weight is 490 g/mol. The maximum Gasteiger partial charge on any atom is 0.244 e. The van der Waals surface area contributed by atoms with Crippen molar-refractivity contribution < 1.29 is 0 Å². The molecule has 6 nitrogen and oxygen atoms in total. The summed E-state index contributed by atoms with van der Waals surface area (Å²) in [6.45, 7) is 0. The predicted molar refractivity (Wildman–Crippen MR) is 128 cm³/mol. The maximum atomic E-state index is 6.45. The molecular formula is C23H14BrClN6. The van der Waals surface area contributed by atoms with Gasteiger partial charge in [0.05, 0.1) is 28.5 Å². The van der Waals surface area contributed by atoms with Gasteiger partial charge in [-0.1, -0.05) is 51.8 Å². The molecule has 0 saturated heterocycles. The van der Waals surface area contributed by atoms with Crippen molar-refractivity contribution in [1.82, 2.24) is 19.9 Å². The normalized spacial score (nSPS) is 11.4. The Morgan fingerprint density at radius 3 is 2.55 bits per heavy atom. The molecule has 0 bridgehead atoms. The van der Waals surface area contributed by atoms with Gasteiger partial charge in [-0.25, -0.2) is 15.4 Å². The Bertz CT molecular complexity index is 1450. The highest BCUT2D eigenvalue weighted by atomic mass is 79.9. The summed E-state index contributed by atoms with van der Waals surface area (Å²) in [5.74, 6) is 0.376. The fourth-order valence-electron chi connectivity index (χ4n) is 3.23. The van der Waals surface area contributed by atoms with Crippen molar-refractivity contribution in [3.63, 3.8) is 0 Å². The Morgan fingerprint density at radius 2 is 1.68 bits per heavy atom. The number of anilines is 1. The Kier molecular flexibility index (Phi) is 5.28. The molecule has 0 radical (unpaired) electrons. The first-order valence-corrected chi connectivity index (χ1v) is 10.6. The van der Waals surface area contributed by atoms with Gasteiger partial charge in [-0.2, -0.15) is 5.10 Å². The van der Waals surface area contributed by atoms with Gasteiger partial charge in [-0.05, 0) is 42.0 Å². The Morgan fingerprint density at radius 1 is 0.871 bits per heavy atom. The van der Waals surface area contributed by atoms with E-state index in [9.17, 15) is 0 Å². The molecule has 0 amide bonds. The minimum Gasteiger partial charge on any atom is -0.253 e. The van der Waals surface area contributed by atoms with Gasteiger partial charge in [0.1, 0.15) is 0 Å². The molecule has 2 aromatic heterocycles. The molecule has 150 valence electrons. The van der Waals surface area contributed by atoms with Crippen molar-refractivity contribution in [2.24, 2.45) is 5.10 Å². The summed E-state index contributed by atoms with van der Waals surface area (Å²) in [5, 5.41) is 5.82. The number of rotatable bonds is 4. The third-order valence-corrected chi connectivity index (χ3v) is 5.48. The van der Waals surface area contributed by atoms with Crippen LogP contribution < -0.4 is 5.43 Å². The molecule has 0 aliphatic heterocycles. The molecule has 5 rings (SSSR count). The number of benzene rings is 3. The number of nitrogens with one attached hydrogen (secondary N) is 1. The number of fused-ring (bicyclic) bond motifs is 2. The van der Waals surface area contributed by atoms with Crippen LogP contribution in [0.15, 0.2) is 82.6 Å². The second kappa shape index (κ2) is 8.37. The first-order chi connectivity index (χ1) is 15.2. The van der Waals surface area contributed by atoms with E-state index in [1.807, 2.05) is 60.7 Å². The zero-order chi connectivity index (χ0) is 21.2. The summed E-state index contributed by atoms with van der Waals surface area (Å²) in [6, 6.07) is 19.2. The zero-order valence-electron chi connectivity index (χ0n) is 16.0. The molecule has 0 aliphatic rings. The summed E-state index contributed by atoms with van der Waals surface area (Å²) in [4.78, 5) is 17.9. The standard InChI is InChI=1S/C23H14BrClN6/c24-15-6-8-19-17(12-15)22(16-3-1-2-4-18(16)25)30-23(29-19)31-28-13-14-5-7-20-21(11-14)27-10-9-26-20/h1-13H,(H,29,30,31). The highest BCUT2D eigenvalue weighted by Crippen LogP contribution is 2.33. The Hall–Kier alpha value is -3.42. The second-order valence-corrected chi connectivity index (χ2v) is 8.03. The summed E-state index contributed by atoms with van der Waals surface area (Å²) < 4.78 is 0.940. The Balaban J connectivity index is 1.51. The SMILES string of the molecule is Clc1ccccc1-c1nc(NN=Cc2ccc3nccnc3c2)nc2ccc(Br)cc12. The molecular weight excluding hydrogens is 476 g/mol. The summed E-state index contributed by atoms with van der Waals surface area (Å²) >= 11 is 9.97. The predicted octanol–water partition coefficient (Wildman–Crippen LogP) is 6.10. The van der Waals surface area contributed by atoms with E-state index < -0.39 is 0 Å². The van der Waals surface area contributed by atoms with Crippen LogP contribution in [0.25, 0.3) is 33.2 Å². The molecule has 0 atom stereocenters. The van der Waals surface area contributed by atoms with E-state index in [1.54, 1.807) is 18.6 Å². The van der Waals surface area contributed by atoms with Gasteiger partial charge in [-0.3, -0.25) is 9.97 Å². The summed E-state index contributed by atoms with van der Waals surface area (Å²) in [7, 11) is 0. The van der Waals surface area contributed by atoms with Gasteiger partial charge >= 0.3 is 0 Å². The van der Waals surface area contributed by atoms with E-state index in [0.29, 0.717) is 11.0 Å². The number of halogens is 2. The van der Waals surface area contributed by atoms with Crippen molar-refractivity contribution in [2.75, 3.05) is 5.43 Å². The number of nitrogens with zero attached hydrogens (tertiary/aromatic N) is 5. The quantitative estimate of drug-likeness (QED) is 0.244. The highest BCUT2D eigenvalue weighted by molar-refractivity contribution is 9.10. The van der Waals surface area contributed by atoms with E-state index in [2.05, 4.69) is 41.4 Å². The number of hydrogen-bond donors (Lipinski definition) is 1.